The van der Waals surface area contributed by atoms with Gasteiger partial charge in [0.25, 0.3) is 0 Å². The molecule has 4 rings (SSSR count). The Bertz CT molecular complexity index is 1260. The normalized spacial score (nSPS) is 10.6. The first kappa shape index (κ1) is 23.2. The lowest BCUT2D eigenvalue weighted by Crippen LogP contribution is -2.12. The predicted octanol–water partition coefficient (Wildman–Crippen LogP) is 4.78. The van der Waals surface area contributed by atoms with Crippen LogP contribution >= 0.6 is 11.8 Å². The number of methoxy groups -OCH3 is 2. The number of carbonyl (C=O) groups excluding carboxylic acids is 1. The Morgan fingerprint density at radius 3 is 2.41 bits per heavy atom. The monoisotopic (exact) mass is 476 g/mol. The molecule has 4 aromatic rings. The van der Waals surface area contributed by atoms with Crippen molar-refractivity contribution in [2.24, 2.45) is 0 Å². The average Bonchev–Trinajstić information content (AvgIpc) is 3.29. The van der Waals surface area contributed by atoms with Crippen LogP contribution in [0.2, 0.25) is 0 Å². The van der Waals surface area contributed by atoms with E-state index in [-0.39, 0.29) is 18.1 Å². The van der Waals surface area contributed by atoms with E-state index >= 15 is 0 Å². The minimum absolute atomic E-state index is 0.123. The molecule has 0 aliphatic heterocycles. The highest BCUT2D eigenvalue weighted by Gasteiger charge is 2.17. The summed E-state index contributed by atoms with van der Waals surface area (Å²) in [4.78, 5) is 12.4. The number of hydrogen-bond donors (Lipinski definition) is 2. The molecule has 1 amide bonds. The van der Waals surface area contributed by atoms with Crippen LogP contribution < -0.4 is 14.8 Å². The topological polar surface area (TPSA) is 98.5 Å². The summed E-state index contributed by atoms with van der Waals surface area (Å²) in [6, 6.07) is 21.6. The lowest BCUT2D eigenvalue weighted by Gasteiger charge is -2.12. The van der Waals surface area contributed by atoms with Crippen molar-refractivity contribution in [3.63, 3.8) is 0 Å². The van der Waals surface area contributed by atoms with E-state index in [9.17, 15) is 9.90 Å². The summed E-state index contributed by atoms with van der Waals surface area (Å²) in [6.07, 6.45) is 0.287. The zero-order valence-corrected chi connectivity index (χ0v) is 19.6. The van der Waals surface area contributed by atoms with Crippen molar-refractivity contribution in [2.45, 2.75) is 11.6 Å². The van der Waals surface area contributed by atoms with E-state index in [2.05, 4.69) is 15.5 Å². The first-order valence-electron chi connectivity index (χ1n) is 10.5. The second kappa shape index (κ2) is 10.8. The SMILES string of the molecule is COc1ccc(-n2c(SCCC(=O)Nc3ccc(O)cc3)nnc2-c2cccc(OC)c2)cc1. The van der Waals surface area contributed by atoms with E-state index in [1.165, 1.54) is 23.9 Å². The number of nitrogens with one attached hydrogen (secondary N) is 1. The van der Waals surface area contributed by atoms with Gasteiger partial charge in [0.15, 0.2) is 11.0 Å². The summed E-state index contributed by atoms with van der Waals surface area (Å²) in [6.45, 7) is 0. The fourth-order valence-electron chi connectivity index (χ4n) is 3.28. The molecule has 9 heteroatoms. The lowest BCUT2D eigenvalue weighted by molar-refractivity contribution is -0.115. The third kappa shape index (κ3) is 5.49. The maximum absolute atomic E-state index is 12.4. The van der Waals surface area contributed by atoms with E-state index in [0.29, 0.717) is 22.4 Å². The van der Waals surface area contributed by atoms with Crippen LogP contribution in [0.25, 0.3) is 17.1 Å². The molecule has 0 unspecified atom stereocenters. The van der Waals surface area contributed by atoms with Crippen LogP contribution in [0.1, 0.15) is 6.42 Å². The molecule has 0 saturated heterocycles. The fourth-order valence-corrected chi connectivity index (χ4v) is 4.17. The summed E-state index contributed by atoms with van der Waals surface area (Å²) in [5, 5.41) is 21.7. The van der Waals surface area contributed by atoms with Crippen LogP contribution in [0.3, 0.4) is 0 Å². The molecule has 3 aromatic carbocycles. The molecule has 0 aliphatic rings. The smallest absolute Gasteiger partial charge is 0.225 e. The van der Waals surface area contributed by atoms with Crippen LogP contribution in [0.15, 0.2) is 78.0 Å². The molecule has 174 valence electrons. The highest BCUT2D eigenvalue weighted by molar-refractivity contribution is 7.99. The molecule has 8 nitrogen and oxygen atoms in total. The van der Waals surface area contributed by atoms with E-state index in [4.69, 9.17) is 9.47 Å². The molecular weight excluding hydrogens is 452 g/mol. The van der Waals surface area contributed by atoms with Crippen LogP contribution in [0, 0.1) is 0 Å². The minimum Gasteiger partial charge on any atom is -0.508 e. The van der Waals surface area contributed by atoms with E-state index in [0.717, 1.165) is 22.7 Å². The van der Waals surface area contributed by atoms with Crippen molar-refractivity contribution in [3.8, 4) is 34.3 Å². The fraction of sp³-hybridized carbons (Fsp3) is 0.160. The van der Waals surface area contributed by atoms with Crippen molar-refractivity contribution in [1.82, 2.24) is 14.8 Å². The summed E-state index contributed by atoms with van der Waals surface area (Å²) < 4.78 is 12.6. The highest BCUT2D eigenvalue weighted by atomic mass is 32.2. The van der Waals surface area contributed by atoms with Gasteiger partial charge in [-0.15, -0.1) is 10.2 Å². The van der Waals surface area contributed by atoms with Gasteiger partial charge in [-0.3, -0.25) is 9.36 Å². The largest absolute Gasteiger partial charge is 0.508 e. The molecule has 0 fully saturated rings. The molecule has 0 aliphatic carbocycles. The van der Waals surface area contributed by atoms with Crippen molar-refractivity contribution in [2.75, 3.05) is 25.3 Å². The molecule has 0 radical (unpaired) electrons. The van der Waals surface area contributed by atoms with E-state index < -0.39 is 0 Å². The number of rotatable bonds is 9. The van der Waals surface area contributed by atoms with Gasteiger partial charge in [0, 0.05) is 29.1 Å². The standard InChI is InChI=1S/C25H24N4O4S/c1-32-21-12-8-19(9-13-21)29-24(17-4-3-5-22(16-17)33-2)27-28-25(29)34-15-14-23(31)26-18-6-10-20(30)11-7-18/h3-13,16,30H,14-15H2,1-2H3,(H,26,31). The van der Waals surface area contributed by atoms with Crippen molar-refractivity contribution in [3.05, 3.63) is 72.8 Å². The zero-order chi connectivity index (χ0) is 23.9. The van der Waals surface area contributed by atoms with Gasteiger partial charge < -0.3 is 19.9 Å². The quantitative estimate of drug-likeness (QED) is 0.265. The Labute approximate surface area is 201 Å². The van der Waals surface area contributed by atoms with Crippen LogP contribution in [0.4, 0.5) is 5.69 Å². The van der Waals surface area contributed by atoms with Gasteiger partial charge in [0.05, 0.1) is 14.2 Å². The Kier molecular flexibility index (Phi) is 7.34. The number of aromatic hydroxyl groups is 1. The number of phenols is 1. The first-order chi connectivity index (χ1) is 16.6. The highest BCUT2D eigenvalue weighted by Crippen LogP contribution is 2.30. The van der Waals surface area contributed by atoms with Crippen molar-refractivity contribution in [1.29, 1.82) is 0 Å². The van der Waals surface area contributed by atoms with Gasteiger partial charge in [-0.1, -0.05) is 23.9 Å². The Hall–Kier alpha value is -3.98. The lowest BCUT2D eigenvalue weighted by atomic mass is 10.2. The second-order valence-corrected chi connectivity index (χ2v) is 8.33. The Balaban J connectivity index is 1.54. The third-order valence-corrected chi connectivity index (χ3v) is 5.93. The summed E-state index contributed by atoms with van der Waals surface area (Å²) in [5.74, 6) is 2.68. The first-order valence-corrected chi connectivity index (χ1v) is 11.5. The van der Waals surface area contributed by atoms with E-state index in [1.54, 1.807) is 26.4 Å². The number of anilines is 1. The maximum atomic E-state index is 12.4. The number of phenolic OH excluding ortho intramolecular Hbond substituents is 1. The molecule has 2 N–H and O–H groups in total. The predicted molar refractivity (Wildman–Crippen MR) is 132 cm³/mol. The average molecular weight is 477 g/mol. The van der Waals surface area contributed by atoms with Crippen molar-refractivity contribution < 1.29 is 19.4 Å². The minimum atomic E-state index is -0.123. The number of benzene rings is 3. The molecular formula is C25H24N4O4S. The number of hydrogen-bond acceptors (Lipinski definition) is 7. The zero-order valence-electron chi connectivity index (χ0n) is 18.8. The number of thioether (sulfide) groups is 1. The van der Waals surface area contributed by atoms with Crippen LogP contribution in [0.5, 0.6) is 17.2 Å². The number of ether oxygens (including phenoxy) is 2. The molecule has 0 saturated carbocycles. The molecule has 0 atom stereocenters. The summed E-state index contributed by atoms with van der Waals surface area (Å²) in [5.41, 5.74) is 2.37. The summed E-state index contributed by atoms with van der Waals surface area (Å²) in [7, 11) is 3.25. The number of carbonyl (C=O) groups is 1. The molecule has 1 heterocycles. The molecule has 1 aromatic heterocycles. The molecule has 34 heavy (non-hydrogen) atoms. The molecule has 0 bridgehead atoms. The van der Waals surface area contributed by atoms with Gasteiger partial charge in [0.2, 0.25) is 5.91 Å². The Morgan fingerprint density at radius 2 is 1.71 bits per heavy atom. The van der Waals surface area contributed by atoms with Gasteiger partial charge in [-0.25, -0.2) is 0 Å². The Morgan fingerprint density at radius 1 is 0.971 bits per heavy atom. The van der Waals surface area contributed by atoms with Crippen LogP contribution in [-0.4, -0.2) is 45.8 Å². The maximum Gasteiger partial charge on any atom is 0.225 e. The van der Waals surface area contributed by atoms with Gasteiger partial charge >= 0.3 is 0 Å². The number of amides is 1. The second-order valence-electron chi connectivity index (χ2n) is 7.27. The van der Waals surface area contributed by atoms with E-state index in [1.807, 2.05) is 53.1 Å². The van der Waals surface area contributed by atoms with Gasteiger partial charge in [0.1, 0.15) is 17.2 Å². The van der Waals surface area contributed by atoms with Crippen LogP contribution in [-0.2, 0) is 4.79 Å². The molecule has 0 spiro atoms. The number of aromatic nitrogens is 3. The summed E-state index contributed by atoms with van der Waals surface area (Å²) >= 11 is 1.44. The third-order valence-electron chi connectivity index (χ3n) is 5.00. The van der Waals surface area contributed by atoms with Crippen molar-refractivity contribution >= 4 is 23.4 Å². The number of nitrogens with zero attached hydrogens (tertiary/aromatic N) is 3. The van der Waals surface area contributed by atoms with Gasteiger partial charge in [-0.05, 0) is 60.7 Å². The van der Waals surface area contributed by atoms with Gasteiger partial charge in [-0.2, -0.15) is 0 Å².